The Balaban J connectivity index is 1.78. The van der Waals surface area contributed by atoms with Gasteiger partial charge in [0.05, 0.1) is 11.5 Å². The second-order valence-electron chi connectivity index (χ2n) is 6.48. The molecule has 0 spiro atoms. The summed E-state index contributed by atoms with van der Waals surface area (Å²) in [5.74, 6) is -2.70. The van der Waals surface area contributed by atoms with Crippen LogP contribution in [-0.2, 0) is 0 Å². The molecule has 1 amide bonds. The fourth-order valence-corrected chi connectivity index (χ4v) is 3.43. The van der Waals surface area contributed by atoms with Gasteiger partial charge in [-0.2, -0.15) is 0 Å². The molecule has 0 radical (unpaired) electrons. The fourth-order valence-electron chi connectivity index (χ4n) is 3.43. The summed E-state index contributed by atoms with van der Waals surface area (Å²) in [5.41, 5.74) is 7.44. The predicted molar refractivity (Wildman–Crippen MR) is 100 cm³/mol. The van der Waals surface area contributed by atoms with Crippen molar-refractivity contribution in [3.05, 3.63) is 83.1 Å². The highest BCUT2D eigenvalue weighted by molar-refractivity contribution is 6.04. The van der Waals surface area contributed by atoms with E-state index in [1.54, 1.807) is 36.5 Å². The van der Waals surface area contributed by atoms with E-state index in [-0.39, 0.29) is 12.1 Å². The van der Waals surface area contributed by atoms with Gasteiger partial charge < -0.3 is 11.1 Å². The first-order chi connectivity index (χ1) is 13.5. The Hall–Kier alpha value is -3.61. The highest BCUT2D eigenvalue weighted by Crippen LogP contribution is 2.39. The lowest BCUT2D eigenvalue weighted by Crippen LogP contribution is -2.17. The van der Waals surface area contributed by atoms with Crippen LogP contribution in [0.2, 0.25) is 0 Å². The summed E-state index contributed by atoms with van der Waals surface area (Å²) in [6.45, 7) is 0.230. The molecule has 0 fully saturated rings. The van der Waals surface area contributed by atoms with Crippen LogP contribution >= 0.6 is 0 Å². The molecular weight excluding hydrogens is 364 g/mol. The molecule has 0 bridgehead atoms. The monoisotopic (exact) mass is 379 g/mol. The lowest BCUT2D eigenvalue weighted by molar-refractivity contribution is 0.0960. The number of halogens is 2. The van der Waals surface area contributed by atoms with E-state index in [1.807, 2.05) is 0 Å². The number of nitrogens with one attached hydrogen (secondary N) is 1. The number of aromatic nitrogens is 1. The van der Waals surface area contributed by atoms with Crippen LogP contribution in [0.15, 0.2) is 54.7 Å². The fraction of sp³-hybridized carbons (Fsp3) is 0.0952. The summed E-state index contributed by atoms with van der Waals surface area (Å²) >= 11 is 0. The van der Waals surface area contributed by atoms with Gasteiger partial charge in [0.2, 0.25) is 5.91 Å². The molecule has 0 saturated carbocycles. The summed E-state index contributed by atoms with van der Waals surface area (Å²) in [6, 6.07) is 11.2. The van der Waals surface area contributed by atoms with Gasteiger partial charge in [0.25, 0.3) is 0 Å². The number of carbonyl (C=O) groups excluding carboxylic acids is 2. The van der Waals surface area contributed by atoms with Gasteiger partial charge in [0.15, 0.2) is 5.78 Å². The van der Waals surface area contributed by atoms with Crippen LogP contribution in [0.1, 0.15) is 32.2 Å². The van der Waals surface area contributed by atoms with Crippen molar-refractivity contribution >= 4 is 17.5 Å². The molecule has 7 heteroatoms. The topological polar surface area (TPSA) is 85.1 Å². The van der Waals surface area contributed by atoms with Crippen LogP contribution in [0.3, 0.4) is 0 Å². The van der Waals surface area contributed by atoms with E-state index in [2.05, 4.69) is 10.3 Å². The van der Waals surface area contributed by atoms with Crippen molar-refractivity contribution in [2.24, 2.45) is 5.73 Å². The molecule has 2 aromatic carbocycles. The first-order valence-electron chi connectivity index (χ1n) is 8.58. The van der Waals surface area contributed by atoms with E-state index in [4.69, 9.17) is 5.73 Å². The van der Waals surface area contributed by atoms with E-state index in [9.17, 15) is 18.4 Å². The number of pyridine rings is 1. The molecule has 1 aliphatic rings. The SMILES string of the molecule is NC(=O)c1ccc(-c2ccnc3c2C(C(=O)c2cc(F)ccc2F)CN3)cc1. The Morgan fingerprint density at radius 1 is 1.07 bits per heavy atom. The van der Waals surface area contributed by atoms with Gasteiger partial charge in [-0.1, -0.05) is 12.1 Å². The first kappa shape index (κ1) is 17.8. The van der Waals surface area contributed by atoms with Gasteiger partial charge >= 0.3 is 0 Å². The number of rotatable bonds is 4. The van der Waals surface area contributed by atoms with E-state index in [1.165, 1.54) is 0 Å². The molecule has 5 nitrogen and oxygen atoms in total. The number of amides is 1. The van der Waals surface area contributed by atoms with Gasteiger partial charge in [-0.15, -0.1) is 0 Å². The van der Waals surface area contributed by atoms with Crippen LogP contribution < -0.4 is 11.1 Å². The van der Waals surface area contributed by atoms with Crippen LogP contribution in [0, 0.1) is 11.6 Å². The second kappa shape index (κ2) is 6.84. The normalized spacial score (nSPS) is 15.0. The maximum absolute atomic E-state index is 14.1. The molecule has 0 aliphatic carbocycles. The van der Waals surface area contributed by atoms with Crippen molar-refractivity contribution in [1.29, 1.82) is 0 Å². The lowest BCUT2D eigenvalue weighted by Gasteiger charge is -2.14. The second-order valence-corrected chi connectivity index (χ2v) is 6.48. The van der Waals surface area contributed by atoms with Crippen LogP contribution in [0.5, 0.6) is 0 Å². The van der Waals surface area contributed by atoms with Crippen LogP contribution in [-0.4, -0.2) is 23.2 Å². The number of nitrogens with two attached hydrogens (primary N) is 1. The predicted octanol–water partition coefficient (Wildman–Crippen LogP) is 3.52. The van der Waals surface area contributed by atoms with Crippen molar-refractivity contribution in [3.63, 3.8) is 0 Å². The number of anilines is 1. The summed E-state index contributed by atoms with van der Waals surface area (Å²) in [6.07, 6.45) is 1.60. The maximum Gasteiger partial charge on any atom is 0.248 e. The van der Waals surface area contributed by atoms with Crippen LogP contribution in [0.25, 0.3) is 11.1 Å². The highest BCUT2D eigenvalue weighted by atomic mass is 19.1. The van der Waals surface area contributed by atoms with E-state index < -0.39 is 29.2 Å². The smallest absolute Gasteiger partial charge is 0.248 e. The zero-order chi connectivity index (χ0) is 19.8. The Bertz CT molecular complexity index is 1100. The highest BCUT2D eigenvalue weighted by Gasteiger charge is 2.34. The third-order valence-corrected chi connectivity index (χ3v) is 4.80. The Morgan fingerprint density at radius 3 is 2.54 bits per heavy atom. The quantitative estimate of drug-likeness (QED) is 0.680. The van der Waals surface area contributed by atoms with Gasteiger partial charge in [-0.05, 0) is 47.5 Å². The Morgan fingerprint density at radius 2 is 1.82 bits per heavy atom. The third-order valence-electron chi connectivity index (χ3n) is 4.80. The van der Waals surface area contributed by atoms with E-state index >= 15 is 0 Å². The van der Waals surface area contributed by atoms with Gasteiger partial charge in [-0.3, -0.25) is 9.59 Å². The van der Waals surface area contributed by atoms with E-state index in [0.29, 0.717) is 16.9 Å². The van der Waals surface area contributed by atoms with Crippen molar-refractivity contribution in [1.82, 2.24) is 4.98 Å². The molecule has 1 aliphatic heterocycles. The number of carbonyl (C=O) groups is 2. The largest absolute Gasteiger partial charge is 0.369 e. The Kier molecular flexibility index (Phi) is 4.35. The minimum absolute atomic E-state index is 0.230. The van der Waals surface area contributed by atoms with Gasteiger partial charge in [0.1, 0.15) is 17.5 Å². The molecule has 1 unspecified atom stereocenters. The lowest BCUT2D eigenvalue weighted by atomic mass is 9.87. The first-order valence-corrected chi connectivity index (χ1v) is 8.58. The number of hydrogen-bond acceptors (Lipinski definition) is 4. The van der Waals surface area contributed by atoms with Gasteiger partial charge in [0, 0.05) is 23.9 Å². The molecular formula is C21H15F2N3O2. The summed E-state index contributed by atoms with van der Waals surface area (Å²) in [7, 11) is 0. The molecule has 1 aromatic heterocycles. The van der Waals surface area contributed by atoms with E-state index in [0.717, 1.165) is 29.3 Å². The minimum atomic E-state index is -0.767. The molecule has 0 saturated heterocycles. The number of ketones is 1. The number of fused-ring (bicyclic) bond motifs is 1. The van der Waals surface area contributed by atoms with Crippen molar-refractivity contribution < 1.29 is 18.4 Å². The molecule has 3 N–H and O–H groups in total. The van der Waals surface area contributed by atoms with Crippen LogP contribution in [0.4, 0.5) is 14.6 Å². The summed E-state index contributed by atoms with van der Waals surface area (Å²) in [4.78, 5) is 28.5. The standard InChI is InChI=1S/C21H15F2N3O2/c22-13-5-6-17(23)15(9-13)19(27)16-10-26-21-18(16)14(7-8-25-21)11-1-3-12(4-2-11)20(24)28/h1-9,16H,10H2,(H2,24,28)(H,25,26). The van der Waals surface area contributed by atoms with Crippen molar-refractivity contribution in [2.75, 3.05) is 11.9 Å². The molecule has 28 heavy (non-hydrogen) atoms. The molecule has 140 valence electrons. The zero-order valence-electron chi connectivity index (χ0n) is 14.6. The molecule has 1 atom stereocenters. The average molecular weight is 379 g/mol. The molecule has 4 rings (SSSR count). The number of benzene rings is 2. The van der Waals surface area contributed by atoms with Gasteiger partial charge in [-0.25, -0.2) is 13.8 Å². The average Bonchev–Trinajstić information content (AvgIpc) is 3.13. The zero-order valence-corrected chi connectivity index (χ0v) is 14.6. The Labute approximate surface area is 159 Å². The molecule has 2 heterocycles. The molecule has 3 aromatic rings. The number of hydrogen-bond donors (Lipinski definition) is 2. The maximum atomic E-state index is 14.1. The van der Waals surface area contributed by atoms with Crippen molar-refractivity contribution in [2.45, 2.75) is 5.92 Å². The summed E-state index contributed by atoms with van der Waals surface area (Å²) < 4.78 is 27.7. The third kappa shape index (κ3) is 3.00. The summed E-state index contributed by atoms with van der Waals surface area (Å²) in [5, 5.41) is 3.05. The van der Waals surface area contributed by atoms with Crippen molar-refractivity contribution in [3.8, 4) is 11.1 Å². The minimum Gasteiger partial charge on any atom is -0.369 e. The number of primary amides is 1. The number of nitrogens with zero attached hydrogens (tertiary/aromatic N) is 1. The number of Topliss-reactive ketones (excluding diaryl/α,β-unsaturated/α-hetero) is 1.